The summed E-state index contributed by atoms with van der Waals surface area (Å²) >= 11 is 1.66. The standard InChI is InChI=1S/C37H48O8S2/c1-5-42-36(38)16-12-24-45-35-15-11-14-29(34(35)21-22-37(39)43-6-2)13-9-7-8-10-23-44-31-25-30(26-33(27-31)47(4,40)41)28-17-19-32(46-3)20-18-28/h11,14-15,17-20,25-27H,5-10,12-13,16,21-24H2,1-4H3. The predicted octanol–water partition coefficient (Wildman–Crippen LogP) is 7.88. The average molecular weight is 685 g/mol. The summed E-state index contributed by atoms with van der Waals surface area (Å²) < 4.78 is 47.0. The smallest absolute Gasteiger partial charge is 0.306 e. The Morgan fingerprint density at radius 1 is 0.723 bits per heavy atom. The van der Waals surface area contributed by atoms with Crippen molar-refractivity contribution < 1.29 is 37.0 Å². The van der Waals surface area contributed by atoms with Crippen molar-refractivity contribution in [2.45, 2.75) is 81.4 Å². The molecule has 47 heavy (non-hydrogen) atoms. The molecule has 0 N–H and O–H groups in total. The van der Waals surface area contributed by atoms with Crippen molar-refractivity contribution in [3.63, 3.8) is 0 Å². The van der Waals surface area contributed by atoms with Crippen LogP contribution in [-0.2, 0) is 41.7 Å². The van der Waals surface area contributed by atoms with Crippen molar-refractivity contribution in [3.8, 4) is 22.6 Å². The van der Waals surface area contributed by atoms with E-state index < -0.39 is 9.84 Å². The summed E-state index contributed by atoms with van der Waals surface area (Å²) in [5.74, 6) is 0.808. The zero-order valence-electron chi connectivity index (χ0n) is 28.0. The molecule has 0 unspecified atom stereocenters. The lowest BCUT2D eigenvalue weighted by atomic mass is 9.96. The Labute approximate surface area is 284 Å². The molecule has 0 aliphatic heterocycles. The second kappa shape index (κ2) is 20.0. The quantitative estimate of drug-likeness (QED) is 0.0630. The lowest BCUT2D eigenvalue weighted by molar-refractivity contribution is -0.144. The van der Waals surface area contributed by atoms with Crippen LogP contribution in [0, 0.1) is 0 Å². The molecule has 3 rings (SSSR count). The van der Waals surface area contributed by atoms with Crippen LogP contribution < -0.4 is 9.47 Å². The van der Waals surface area contributed by atoms with Crippen LogP contribution in [0.25, 0.3) is 11.1 Å². The zero-order valence-corrected chi connectivity index (χ0v) is 29.7. The summed E-state index contributed by atoms with van der Waals surface area (Å²) in [4.78, 5) is 25.2. The van der Waals surface area contributed by atoms with Crippen LogP contribution in [0.15, 0.2) is 70.5 Å². The molecule has 0 spiro atoms. The monoisotopic (exact) mass is 684 g/mol. The van der Waals surface area contributed by atoms with Gasteiger partial charge in [-0.3, -0.25) is 9.59 Å². The molecule has 0 amide bonds. The van der Waals surface area contributed by atoms with E-state index in [1.807, 2.05) is 48.7 Å². The van der Waals surface area contributed by atoms with E-state index in [1.165, 1.54) is 6.26 Å². The minimum atomic E-state index is -3.41. The summed E-state index contributed by atoms with van der Waals surface area (Å²) in [6.07, 6.45) is 9.44. The Hall–Kier alpha value is -3.50. The Balaban J connectivity index is 1.54. The molecule has 0 radical (unpaired) electrons. The summed E-state index contributed by atoms with van der Waals surface area (Å²) in [7, 11) is -3.41. The molecule has 0 bridgehead atoms. The number of ether oxygens (including phenoxy) is 4. The van der Waals surface area contributed by atoms with Gasteiger partial charge in [0.05, 0.1) is 31.3 Å². The fraction of sp³-hybridized carbons (Fsp3) is 0.459. The van der Waals surface area contributed by atoms with Gasteiger partial charge in [0.25, 0.3) is 0 Å². The summed E-state index contributed by atoms with van der Waals surface area (Å²) in [6.45, 7) is 5.16. The molecule has 0 heterocycles. The Morgan fingerprint density at radius 3 is 2.09 bits per heavy atom. The van der Waals surface area contributed by atoms with Gasteiger partial charge in [0.2, 0.25) is 0 Å². The SMILES string of the molecule is CCOC(=O)CCCOc1cccc(CCCCCCOc2cc(-c3ccc(SC)cc3)cc(S(C)(=O)=O)c2)c1CCC(=O)OCC. The lowest BCUT2D eigenvalue weighted by Crippen LogP contribution is -2.10. The fourth-order valence-corrected chi connectivity index (χ4v) is 6.22. The van der Waals surface area contributed by atoms with Gasteiger partial charge in [-0.25, -0.2) is 8.42 Å². The first-order chi connectivity index (χ1) is 22.6. The maximum atomic E-state index is 12.4. The maximum Gasteiger partial charge on any atom is 0.306 e. The Morgan fingerprint density at radius 2 is 1.40 bits per heavy atom. The van der Waals surface area contributed by atoms with E-state index in [0.717, 1.165) is 65.0 Å². The number of esters is 2. The number of hydrogen-bond donors (Lipinski definition) is 0. The fourth-order valence-electron chi connectivity index (χ4n) is 5.14. The molecule has 0 atom stereocenters. The van der Waals surface area contributed by atoms with Crippen LogP contribution >= 0.6 is 11.8 Å². The molecule has 0 aliphatic carbocycles. The van der Waals surface area contributed by atoms with E-state index in [1.54, 1.807) is 37.7 Å². The van der Waals surface area contributed by atoms with Gasteiger partial charge in [-0.15, -0.1) is 11.8 Å². The number of benzene rings is 3. The van der Waals surface area contributed by atoms with Gasteiger partial charge in [-0.1, -0.05) is 37.1 Å². The van der Waals surface area contributed by atoms with Crippen molar-refractivity contribution in [2.75, 3.05) is 38.9 Å². The molecule has 0 fully saturated rings. The third-order valence-electron chi connectivity index (χ3n) is 7.54. The first-order valence-corrected chi connectivity index (χ1v) is 19.4. The number of rotatable bonds is 21. The molecule has 0 saturated carbocycles. The van der Waals surface area contributed by atoms with E-state index >= 15 is 0 Å². The molecular formula is C37H48O8S2. The van der Waals surface area contributed by atoms with Crippen LogP contribution in [0.2, 0.25) is 0 Å². The first-order valence-electron chi connectivity index (χ1n) is 16.3. The highest BCUT2D eigenvalue weighted by Gasteiger charge is 2.14. The van der Waals surface area contributed by atoms with Crippen LogP contribution in [-0.4, -0.2) is 59.3 Å². The number of carbonyl (C=O) groups excluding carboxylic acids is 2. The van der Waals surface area contributed by atoms with Crippen molar-refractivity contribution in [3.05, 3.63) is 71.8 Å². The van der Waals surface area contributed by atoms with Gasteiger partial charge in [0.1, 0.15) is 11.5 Å². The molecule has 0 aliphatic rings. The second-order valence-electron chi connectivity index (χ2n) is 11.2. The highest BCUT2D eigenvalue weighted by atomic mass is 32.2. The summed E-state index contributed by atoms with van der Waals surface area (Å²) in [6, 6.07) is 19.2. The highest BCUT2D eigenvalue weighted by Crippen LogP contribution is 2.30. The number of thioether (sulfide) groups is 1. The maximum absolute atomic E-state index is 12.4. The van der Waals surface area contributed by atoms with E-state index in [9.17, 15) is 18.0 Å². The van der Waals surface area contributed by atoms with Crippen molar-refractivity contribution in [1.29, 1.82) is 0 Å². The number of sulfone groups is 1. The summed E-state index contributed by atoms with van der Waals surface area (Å²) in [5.41, 5.74) is 3.89. The molecule has 3 aromatic carbocycles. The topological polar surface area (TPSA) is 105 Å². The van der Waals surface area contributed by atoms with Crippen LogP contribution in [0.3, 0.4) is 0 Å². The van der Waals surface area contributed by atoms with Crippen molar-refractivity contribution in [1.82, 2.24) is 0 Å². The Bertz CT molecular complexity index is 1530. The molecule has 10 heteroatoms. The minimum absolute atomic E-state index is 0.234. The molecule has 0 aromatic heterocycles. The first kappa shape index (κ1) is 38.0. The van der Waals surface area contributed by atoms with E-state index in [-0.39, 0.29) is 23.3 Å². The number of carbonyl (C=O) groups is 2. The number of hydrogen-bond acceptors (Lipinski definition) is 9. The molecule has 0 saturated heterocycles. The van der Waals surface area contributed by atoms with Crippen LogP contribution in [0.4, 0.5) is 0 Å². The minimum Gasteiger partial charge on any atom is -0.494 e. The predicted molar refractivity (Wildman–Crippen MR) is 187 cm³/mol. The van der Waals surface area contributed by atoms with E-state index in [0.29, 0.717) is 51.4 Å². The largest absolute Gasteiger partial charge is 0.494 e. The normalized spacial score (nSPS) is 11.2. The van der Waals surface area contributed by atoms with Crippen molar-refractivity contribution >= 4 is 33.5 Å². The molecular weight excluding hydrogens is 637 g/mol. The number of aryl methyl sites for hydroxylation is 1. The van der Waals surface area contributed by atoms with Gasteiger partial charge in [-0.2, -0.15) is 0 Å². The number of unbranched alkanes of at least 4 members (excludes halogenated alkanes) is 3. The van der Waals surface area contributed by atoms with Gasteiger partial charge < -0.3 is 18.9 Å². The van der Waals surface area contributed by atoms with E-state index in [4.69, 9.17) is 18.9 Å². The molecule has 3 aromatic rings. The van der Waals surface area contributed by atoms with Gasteiger partial charge in [-0.05, 0) is 111 Å². The summed E-state index contributed by atoms with van der Waals surface area (Å²) in [5, 5.41) is 0. The third kappa shape index (κ3) is 13.3. The highest BCUT2D eigenvalue weighted by molar-refractivity contribution is 7.98. The molecule has 8 nitrogen and oxygen atoms in total. The van der Waals surface area contributed by atoms with Gasteiger partial charge >= 0.3 is 11.9 Å². The van der Waals surface area contributed by atoms with Gasteiger partial charge in [0.15, 0.2) is 9.84 Å². The zero-order chi connectivity index (χ0) is 34.1. The van der Waals surface area contributed by atoms with E-state index in [2.05, 4.69) is 6.07 Å². The van der Waals surface area contributed by atoms with Crippen molar-refractivity contribution in [2.24, 2.45) is 0 Å². The average Bonchev–Trinajstić information content (AvgIpc) is 3.05. The molecule has 256 valence electrons. The Kier molecular flexibility index (Phi) is 16.1. The van der Waals surface area contributed by atoms with Crippen LogP contribution in [0.1, 0.15) is 69.9 Å². The van der Waals surface area contributed by atoms with Gasteiger partial charge in [0, 0.05) is 24.0 Å². The second-order valence-corrected chi connectivity index (χ2v) is 14.1. The lowest BCUT2D eigenvalue weighted by Gasteiger charge is -2.16. The third-order valence-corrected chi connectivity index (χ3v) is 9.38. The van der Waals surface area contributed by atoms with Crippen LogP contribution in [0.5, 0.6) is 11.5 Å².